The number of nitrogens with one attached hydrogen (secondary N) is 1. The van der Waals surface area contributed by atoms with E-state index >= 15 is 0 Å². The van der Waals surface area contributed by atoms with Crippen LogP contribution in [0.25, 0.3) is 0 Å². The molecule has 7 heteroatoms. The zero-order valence-electron chi connectivity index (χ0n) is 14.4. The van der Waals surface area contributed by atoms with E-state index in [1.165, 1.54) is 16.0 Å². The number of quaternary nitrogens is 1. The fraction of sp³-hybridized carbons (Fsp3) is 0.611. The van der Waals surface area contributed by atoms with Crippen LogP contribution in [0.5, 0.6) is 5.75 Å². The third kappa shape index (κ3) is 3.67. The van der Waals surface area contributed by atoms with Crippen LogP contribution in [0.15, 0.2) is 18.2 Å². The molecule has 136 valence electrons. The molecule has 0 aliphatic carbocycles. The van der Waals surface area contributed by atoms with Gasteiger partial charge in [-0.1, -0.05) is 0 Å². The Morgan fingerprint density at radius 1 is 1.28 bits per heavy atom. The monoisotopic (exact) mass is 365 g/mol. The van der Waals surface area contributed by atoms with Crippen molar-refractivity contribution >= 4 is 15.7 Å². The number of sulfone groups is 1. The molecule has 2 saturated heterocycles. The fourth-order valence-corrected chi connectivity index (χ4v) is 5.84. The Hall–Kier alpha value is -1.60. The summed E-state index contributed by atoms with van der Waals surface area (Å²) in [6, 6.07) is 6.45. The molecular weight excluding hydrogens is 340 g/mol. The highest BCUT2D eigenvalue weighted by atomic mass is 32.2. The van der Waals surface area contributed by atoms with Gasteiger partial charge in [0.05, 0.1) is 50.2 Å². The third-order valence-electron chi connectivity index (χ3n) is 5.57. The summed E-state index contributed by atoms with van der Waals surface area (Å²) in [6.45, 7) is 5.02. The highest BCUT2D eigenvalue weighted by Crippen LogP contribution is 2.25. The average molecular weight is 365 g/mol. The van der Waals surface area contributed by atoms with E-state index in [1.807, 2.05) is 4.90 Å². The van der Waals surface area contributed by atoms with Crippen molar-refractivity contribution in [2.45, 2.75) is 19.4 Å². The van der Waals surface area contributed by atoms with Crippen LogP contribution < -0.4 is 9.64 Å². The summed E-state index contributed by atoms with van der Waals surface area (Å²) >= 11 is 0. The first-order chi connectivity index (χ1) is 12.0. The number of amides is 1. The highest BCUT2D eigenvalue weighted by molar-refractivity contribution is 7.91. The van der Waals surface area contributed by atoms with Gasteiger partial charge < -0.3 is 14.5 Å². The third-order valence-corrected chi connectivity index (χ3v) is 7.34. The van der Waals surface area contributed by atoms with Crippen LogP contribution in [-0.4, -0.2) is 63.5 Å². The number of hydrogen-bond acceptors (Lipinski definition) is 4. The summed E-state index contributed by atoms with van der Waals surface area (Å²) in [5, 5.41) is 0. The maximum absolute atomic E-state index is 12.5. The molecule has 0 aromatic heterocycles. The number of piperazine rings is 1. The number of rotatable bonds is 3. The van der Waals surface area contributed by atoms with Gasteiger partial charge in [0.1, 0.15) is 12.3 Å². The van der Waals surface area contributed by atoms with Gasteiger partial charge in [0.2, 0.25) is 5.91 Å². The van der Waals surface area contributed by atoms with E-state index in [4.69, 9.17) is 4.74 Å². The molecule has 3 heterocycles. The topological polar surface area (TPSA) is 68.1 Å². The molecule has 4 rings (SSSR count). The molecule has 1 amide bonds. The number of fused-ring (bicyclic) bond motifs is 1. The van der Waals surface area contributed by atoms with Crippen molar-refractivity contribution in [2.75, 3.05) is 44.3 Å². The van der Waals surface area contributed by atoms with E-state index in [0.29, 0.717) is 6.42 Å². The fourth-order valence-electron chi connectivity index (χ4n) is 4.11. The first-order valence-electron chi connectivity index (χ1n) is 9.07. The molecule has 1 atom stereocenters. The lowest BCUT2D eigenvalue weighted by Crippen LogP contribution is -3.13. The predicted octanol–water partition coefficient (Wildman–Crippen LogP) is -0.717. The zero-order chi connectivity index (χ0) is 17.4. The van der Waals surface area contributed by atoms with Crippen LogP contribution >= 0.6 is 0 Å². The number of carbonyl (C=O) groups excluding carboxylic acids is 1. The van der Waals surface area contributed by atoms with Crippen molar-refractivity contribution in [1.82, 2.24) is 4.90 Å². The van der Waals surface area contributed by atoms with Crippen molar-refractivity contribution in [3.8, 4) is 5.75 Å². The first-order valence-corrected chi connectivity index (χ1v) is 10.9. The Labute approximate surface area is 148 Å². The quantitative estimate of drug-likeness (QED) is 0.768. The minimum absolute atomic E-state index is 0.0369. The van der Waals surface area contributed by atoms with Crippen molar-refractivity contribution in [3.63, 3.8) is 0 Å². The predicted molar refractivity (Wildman–Crippen MR) is 93.4 cm³/mol. The van der Waals surface area contributed by atoms with E-state index in [1.54, 1.807) is 0 Å². The number of ether oxygens (including phenoxy) is 1. The zero-order valence-corrected chi connectivity index (χ0v) is 15.2. The second kappa shape index (κ2) is 6.61. The molecule has 0 radical (unpaired) electrons. The summed E-state index contributed by atoms with van der Waals surface area (Å²) < 4.78 is 28.7. The van der Waals surface area contributed by atoms with Gasteiger partial charge in [-0.2, -0.15) is 0 Å². The molecule has 3 aliphatic rings. The van der Waals surface area contributed by atoms with Gasteiger partial charge in [0.15, 0.2) is 9.84 Å². The Bertz CT molecular complexity index is 769. The van der Waals surface area contributed by atoms with Gasteiger partial charge in [-0.3, -0.25) is 4.79 Å². The van der Waals surface area contributed by atoms with Crippen molar-refractivity contribution in [2.24, 2.45) is 5.92 Å². The van der Waals surface area contributed by atoms with Crippen LogP contribution in [0.2, 0.25) is 0 Å². The normalized spacial score (nSPS) is 25.6. The lowest BCUT2D eigenvalue weighted by atomic mass is 10.1. The maximum atomic E-state index is 12.5. The van der Waals surface area contributed by atoms with Crippen molar-refractivity contribution < 1.29 is 22.8 Å². The standard InChI is InChI=1S/C18H24N2O4S/c21-18(16-4-10-25(22,23)13-16)20-7-5-19(6-8-20)12-14-1-2-17-15(11-14)3-9-24-17/h1-2,11,16H,3-10,12-13H2/p+1/t16-/m1/s1. The van der Waals surface area contributed by atoms with E-state index in [9.17, 15) is 13.2 Å². The minimum Gasteiger partial charge on any atom is -0.493 e. The molecule has 0 bridgehead atoms. The van der Waals surface area contributed by atoms with E-state index in [0.717, 1.165) is 51.5 Å². The average Bonchev–Trinajstić information content (AvgIpc) is 3.20. The van der Waals surface area contributed by atoms with Gasteiger partial charge in [-0.25, -0.2) is 8.42 Å². The Kier molecular flexibility index (Phi) is 4.45. The molecule has 1 aromatic rings. The van der Waals surface area contributed by atoms with Gasteiger partial charge >= 0.3 is 0 Å². The summed E-state index contributed by atoms with van der Waals surface area (Å²) in [4.78, 5) is 15.9. The SMILES string of the molecule is O=C([C@@H]1CCS(=O)(=O)C1)N1CC[NH+](Cc2ccc3c(c2)CCO3)CC1. The summed E-state index contributed by atoms with van der Waals surface area (Å²) in [7, 11) is -3.00. The lowest BCUT2D eigenvalue weighted by molar-refractivity contribution is -0.917. The van der Waals surface area contributed by atoms with E-state index < -0.39 is 9.84 Å². The molecule has 0 unspecified atom stereocenters. The smallest absolute Gasteiger partial charge is 0.227 e. The number of benzene rings is 1. The molecule has 6 nitrogen and oxygen atoms in total. The Morgan fingerprint density at radius 3 is 2.80 bits per heavy atom. The molecule has 2 fully saturated rings. The van der Waals surface area contributed by atoms with Gasteiger partial charge in [0.25, 0.3) is 0 Å². The first kappa shape index (κ1) is 16.8. The number of nitrogens with zero attached hydrogens (tertiary/aromatic N) is 1. The van der Waals surface area contributed by atoms with Crippen LogP contribution in [0, 0.1) is 5.92 Å². The van der Waals surface area contributed by atoms with Crippen LogP contribution in [-0.2, 0) is 27.6 Å². The van der Waals surface area contributed by atoms with Crippen LogP contribution in [0.4, 0.5) is 0 Å². The second-order valence-electron chi connectivity index (χ2n) is 7.39. The molecule has 0 spiro atoms. The highest BCUT2D eigenvalue weighted by Gasteiger charge is 2.36. The van der Waals surface area contributed by atoms with Crippen molar-refractivity contribution in [3.05, 3.63) is 29.3 Å². The minimum atomic E-state index is -3.00. The van der Waals surface area contributed by atoms with E-state index in [2.05, 4.69) is 18.2 Å². The maximum Gasteiger partial charge on any atom is 0.227 e. The largest absolute Gasteiger partial charge is 0.493 e. The Balaban J connectivity index is 1.30. The molecule has 3 aliphatic heterocycles. The summed E-state index contributed by atoms with van der Waals surface area (Å²) in [5.41, 5.74) is 2.62. The van der Waals surface area contributed by atoms with Crippen LogP contribution in [0.1, 0.15) is 17.5 Å². The second-order valence-corrected chi connectivity index (χ2v) is 9.62. The molecule has 1 N–H and O–H groups in total. The Morgan fingerprint density at radius 2 is 2.08 bits per heavy atom. The van der Waals surface area contributed by atoms with Gasteiger partial charge in [-0.05, 0) is 30.2 Å². The van der Waals surface area contributed by atoms with Gasteiger partial charge in [0, 0.05) is 12.0 Å². The molecule has 0 saturated carbocycles. The van der Waals surface area contributed by atoms with E-state index in [-0.39, 0.29) is 23.3 Å². The van der Waals surface area contributed by atoms with Crippen molar-refractivity contribution in [1.29, 1.82) is 0 Å². The summed E-state index contributed by atoms with van der Waals surface area (Å²) in [5.74, 6) is 0.936. The number of carbonyl (C=O) groups is 1. The molecular formula is C18H25N2O4S+. The number of hydrogen-bond donors (Lipinski definition) is 1. The summed E-state index contributed by atoms with van der Waals surface area (Å²) in [6.07, 6.45) is 1.48. The lowest BCUT2D eigenvalue weighted by Gasteiger charge is -2.33. The van der Waals surface area contributed by atoms with Crippen LogP contribution in [0.3, 0.4) is 0 Å². The van der Waals surface area contributed by atoms with Gasteiger partial charge in [-0.15, -0.1) is 0 Å². The molecule has 1 aromatic carbocycles. The molecule has 25 heavy (non-hydrogen) atoms.